The summed E-state index contributed by atoms with van der Waals surface area (Å²) < 4.78 is 5.28. The fourth-order valence-corrected chi connectivity index (χ4v) is 3.96. The van der Waals surface area contributed by atoms with Gasteiger partial charge in [-0.25, -0.2) is 0 Å². The van der Waals surface area contributed by atoms with E-state index in [2.05, 4.69) is 21.7 Å². The molecule has 0 saturated carbocycles. The number of methoxy groups -OCH3 is 1. The predicted molar refractivity (Wildman–Crippen MR) is 132 cm³/mol. The Balaban J connectivity index is 1.57. The zero-order chi connectivity index (χ0) is 23.4. The number of carbonyl (C=O) groups excluding carboxylic acids is 2. The van der Waals surface area contributed by atoms with Crippen LogP contribution in [0.15, 0.2) is 66.7 Å². The van der Waals surface area contributed by atoms with Gasteiger partial charge in [0, 0.05) is 41.3 Å². The molecular weight excluding hydrogens is 414 g/mol. The highest BCUT2D eigenvalue weighted by atomic mass is 16.5. The van der Waals surface area contributed by atoms with Gasteiger partial charge in [-0.3, -0.25) is 9.59 Å². The highest BCUT2D eigenvalue weighted by Gasteiger charge is 2.15. The van der Waals surface area contributed by atoms with Gasteiger partial charge in [0.05, 0.1) is 7.11 Å². The molecule has 1 heterocycles. The second-order valence-corrected chi connectivity index (χ2v) is 7.91. The number of benzene rings is 3. The first-order chi connectivity index (χ1) is 16.0. The first-order valence-corrected chi connectivity index (χ1v) is 10.9. The van der Waals surface area contributed by atoms with Crippen molar-refractivity contribution in [1.29, 1.82) is 0 Å². The maximum atomic E-state index is 12.8. The van der Waals surface area contributed by atoms with Gasteiger partial charge in [0.1, 0.15) is 5.75 Å². The van der Waals surface area contributed by atoms with E-state index in [4.69, 9.17) is 4.74 Å². The van der Waals surface area contributed by atoms with E-state index >= 15 is 0 Å². The molecule has 2 amide bonds. The Labute approximate surface area is 193 Å². The molecule has 0 spiro atoms. The maximum absolute atomic E-state index is 12.8. The second-order valence-electron chi connectivity index (χ2n) is 7.91. The maximum Gasteiger partial charge on any atom is 0.251 e. The Bertz CT molecular complexity index is 1310. The highest BCUT2D eigenvalue weighted by molar-refractivity contribution is 5.98. The lowest BCUT2D eigenvalue weighted by molar-refractivity contribution is -0.116. The Morgan fingerprint density at radius 3 is 2.48 bits per heavy atom. The number of fused-ring (bicyclic) bond motifs is 1. The van der Waals surface area contributed by atoms with Crippen molar-refractivity contribution in [2.24, 2.45) is 0 Å². The molecule has 0 aliphatic carbocycles. The number of hydrogen-bond acceptors (Lipinski definition) is 3. The van der Waals surface area contributed by atoms with Crippen LogP contribution in [0.25, 0.3) is 22.2 Å². The van der Waals surface area contributed by atoms with Crippen molar-refractivity contribution in [3.05, 3.63) is 83.4 Å². The molecule has 0 bridgehead atoms. The van der Waals surface area contributed by atoms with Crippen LogP contribution in [-0.2, 0) is 11.2 Å². The topological polar surface area (TPSA) is 83.2 Å². The lowest BCUT2D eigenvalue weighted by Gasteiger charge is -2.11. The fraction of sp³-hybridized carbons (Fsp3) is 0.185. The molecule has 0 aliphatic rings. The summed E-state index contributed by atoms with van der Waals surface area (Å²) in [6, 6.07) is 21.3. The molecule has 0 unspecified atom stereocenters. The number of nitrogens with one attached hydrogen (secondary N) is 3. The molecule has 3 N–H and O–H groups in total. The quantitative estimate of drug-likeness (QED) is 0.374. The average molecular weight is 442 g/mol. The van der Waals surface area contributed by atoms with Gasteiger partial charge < -0.3 is 20.4 Å². The van der Waals surface area contributed by atoms with E-state index in [-0.39, 0.29) is 11.8 Å². The monoisotopic (exact) mass is 441 g/mol. The van der Waals surface area contributed by atoms with Crippen LogP contribution in [0.3, 0.4) is 0 Å². The molecule has 33 heavy (non-hydrogen) atoms. The smallest absolute Gasteiger partial charge is 0.251 e. The Kier molecular flexibility index (Phi) is 6.45. The summed E-state index contributed by atoms with van der Waals surface area (Å²) in [4.78, 5) is 28.3. The molecule has 0 atom stereocenters. The summed E-state index contributed by atoms with van der Waals surface area (Å²) in [6.45, 7) is 1.91. The van der Waals surface area contributed by atoms with Gasteiger partial charge in [-0.05, 0) is 72.5 Å². The number of aromatic nitrogens is 1. The van der Waals surface area contributed by atoms with Gasteiger partial charge in [-0.15, -0.1) is 0 Å². The number of aromatic amines is 1. The summed E-state index contributed by atoms with van der Waals surface area (Å²) in [7, 11) is 3.23. The molecule has 6 heteroatoms. The number of rotatable bonds is 7. The molecule has 1 aromatic heterocycles. The standard InChI is InChI=1S/C27H27N3O3/c1-17-8-9-19(27(32)28-2)16-24(17)29-25(31)15-14-22-21-6-4-5-7-23(21)30-26(22)18-10-12-20(33-3)13-11-18/h4-13,16,30H,14-15H2,1-3H3,(H,28,32)(H,29,31). The van der Waals surface area contributed by atoms with Crippen molar-refractivity contribution in [2.75, 3.05) is 19.5 Å². The van der Waals surface area contributed by atoms with Crippen LogP contribution < -0.4 is 15.4 Å². The second kappa shape index (κ2) is 9.61. The molecule has 168 valence electrons. The van der Waals surface area contributed by atoms with E-state index in [1.807, 2.05) is 55.5 Å². The summed E-state index contributed by atoms with van der Waals surface area (Å²) in [5.74, 6) is 0.511. The van der Waals surface area contributed by atoms with Crippen LogP contribution in [0.1, 0.15) is 27.9 Å². The van der Waals surface area contributed by atoms with Crippen LogP contribution in [0, 0.1) is 6.92 Å². The number of carbonyl (C=O) groups is 2. The number of H-pyrrole nitrogens is 1. The minimum Gasteiger partial charge on any atom is -0.497 e. The first kappa shape index (κ1) is 22.1. The summed E-state index contributed by atoms with van der Waals surface area (Å²) in [5, 5.41) is 6.68. The molecule has 0 saturated heterocycles. The van der Waals surface area contributed by atoms with Gasteiger partial charge >= 0.3 is 0 Å². The lowest BCUT2D eigenvalue weighted by Crippen LogP contribution is -2.19. The first-order valence-electron chi connectivity index (χ1n) is 10.9. The van der Waals surface area contributed by atoms with E-state index < -0.39 is 0 Å². The average Bonchev–Trinajstić information content (AvgIpc) is 3.22. The number of amides is 2. The normalized spacial score (nSPS) is 10.8. The van der Waals surface area contributed by atoms with E-state index in [0.717, 1.165) is 39.0 Å². The third-order valence-corrected chi connectivity index (χ3v) is 5.80. The van der Waals surface area contributed by atoms with E-state index in [9.17, 15) is 9.59 Å². The van der Waals surface area contributed by atoms with Crippen LogP contribution in [-0.4, -0.2) is 31.0 Å². The summed E-state index contributed by atoms with van der Waals surface area (Å²) in [6.07, 6.45) is 0.889. The fourth-order valence-electron chi connectivity index (χ4n) is 3.96. The molecule has 3 aromatic carbocycles. The summed E-state index contributed by atoms with van der Waals surface area (Å²) >= 11 is 0. The predicted octanol–water partition coefficient (Wildman–Crippen LogP) is 5.08. The molecule has 0 fully saturated rings. The lowest BCUT2D eigenvalue weighted by atomic mass is 10.0. The largest absolute Gasteiger partial charge is 0.497 e. The van der Waals surface area contributed by atoms with Gasteiger partial charge in [0.2, 0.25) is 5.91 Å². The Hall–Kier alpha value is -4.06. The zero-order valence-electron chi connectivity index (χ0n) is 19.0. The molecule has 6 nitrogen and oxygen atoms in total. The molecule has 4 aromatic rings. The summed E-state index contributed by atoms with van der Waals surface area (Å²) in [5.41, 5.74) is 6.24. The number of anilines is 1. The zero-order valence-corrected chi connectivity index (χ0v) is 19.0. The van der Waals surface area contributed by atoms with Crippen LogP contribution in [0.5, 0.6) is 5.75 Å². The van der Waals surface area contributed by atoms with Gasteiger partial charge in [0.15, 0.2) is 0 Å². The SMILES string of the molecule is CNC(=O)c1ccc(C)c(NC(=O)CCc2c(-c3ccc(OC)cc3)[nH]c3ccccc23)c1. The number of aryl methyl sites for hydroxylation is 2. The molecule has 0 aliphatic heterocycles. The third-order valence-electron chi connectivity index (χ3n) is 5.80. The van der Waals surface area contributed by atoms with Gasteiger partial charge in [-0.2, -0.15) is 0 Å². The van der Waals surface area contributed by atoms with Crippen molar-refractivity contribution in [2.45, 2.75) is 19.8 Å². The van der Waals surface area contributed by atoms with Crippen molar-refractivity contribution in [1.82, 2.24) is 10.3 Å². The molecular formula is C27H27N3O3. The molecule has 0 radical (unpaired) electrons. The Morgan fingerprint density at radius 2 is 1.76 bits per heavy atom. The van der Waals surface area contributed by atoms with Crippen molar-refractivity contribution in [3.63, 3.8) is 0 Å². The van der Waals surface area contributed by atoms with E-state index in [1.54, 1.807) is 26.3 Å². The minimum atomic E-state index is -0.187. The van der Waals surface area contributed by atoms with Crippen LogP contribution in [0.4, 0.5) is 5.69 Å². The van der Waals surface area contributed by atoms with Crippen LogP contribution in [0.2, 0.25) is 0 Å². The van der Waals surface area contributed by atoms with E-state index in [0.29, 0.717) is 24.1 Å². The van der Waals surface area contributed by atoms with Crippen LogP contribution >= 0.6 is 0 Å². The molecule has 4 rings (SSSR count). The third kappa shape index (κ3) is 4.75. The minimum absolute atomic E-state index is 0.0990. The van der Waals surface area contributed by atoms with Gasteiger partial charge in [0.25, 0.3) is 5.91 Å². The van der Waals surface area contributed by atoms with Crippen molar-refractivity contribution >= 4 is 28.4 Å². The Morgan fingerprint density at radius 1 is 1.00 bits per heavy atom. The van der Waals surface area contributed by atoms with Crippen molar-refractivity contribution < 1.29 is 14.3 Å². The van der Waals surface area contributed by atoms with E-state index in [1.165, 1.54) is 0 Å². The number of ether oxygens (including phenoxy) is 1. The number of hydrogen-bond donors (Lipinski definition) is 3. The van der Waals surface area contributed by atoms with Gasteiger partial charge in [-0.1, -0.05) is 24.3 Å². The number of para-hydroxylation sites is 1. The van der Waals surface area contributed by atoms with Crippen molar-refractivity contribution in [3.8, 4) is 17.0 Å². The highest BCUT2D eigenvalue weighted by Crippen LogP contribution is 2.32.